The summed E-state index contributed by atoms with van der Waals surface area (Å²) >= 11 is 6.51. The van der Waals surface area contributed by atoms with Gasteiger partial charge in [-0.3, -0.25) is 0 Å². The molecular formula is C17H29ClN2. The van der Waals surface area contributed by atoms with Crippen molar-refractivity contribution in [1.29, 1.82) is 0 Å². The van der Waals surface area contributed by atoms with E-state index in [2.05, 4.69) is 44.7 Å². The molecule has 0 heterocycles. The lowest BCUT2D eigenvalue weighted by Crippen LogP contribution is -2.37. The van der Waals surface area contributed by atoms with Crippen molar-refractivity contribution in [2.75, 3.05) is 11.4 Å². The molecule has 0 amide bonds. The first-order chi connectivity index (χ1) is 9.40. The van der Waals surface area contributed by atoms with Gasteiger partial charge in [-0.1, -0.05) is 45.4 Å². The quantitative estimate of drug-likeness (QED) is 0.766. The molecule has 0 spiro atoms. The molecule has 0 bridgehead atoms. The van der Waals surface area contributed by atoms with E-state index in [9.17, 15) is 0 Å². The summed E-state index contributed by atoms with van der Waals surface area (Å²) in [5.41, 5.74) is 8.16. The van der Waals surface area contributed by atoms with Crippen molar-refractivity contribution in [3.8, 4) is 0 Å². The van der Waals surface area contributed by atoms with Gasteiger partial charge in [-0.25, -0.2) is 0 Å². The van der Waals surface area contributed by atoms with Gasteiger partial charge < -0.3 is 10.6 Å². The highest BCUT2D eigenvalue weighted by atomic mass is 35.5. The highest BCUT2D eigenvalue weighted by molar-refractivity contribution is 6.33. The molecule has 1 aromatic carbocycles. The highest BCUT2D eigenvalue weighted by Crippen LogP contribution is 2.31. The Balaban J connectivity index is 3.13. The Hall–Kier alpha value is -0.730. The molecule has 1 unspecified atom stereocenters. The number of hydrogen-bond donors (Lipinski definition) is 1. The van der Waals surface area contributed by atoms with Crippen molar-refractivity contribution in [3.63, 3.8) is 0 Å². The second-order valence-corrected chi connectivity index (χ2v) is 6.42. The van der Waals surface area contributed by atoms with E-state index in [4.69, 9.17) is 17.3 Å². The average Bonchev–Trinajstić information content (AvgIpc) is 2.38. The van der Waals surface area contributed by atoms with Crippen LogP contribution in [-0.2, 0) is 0 Å². The van der Waals surface area contributed by atoms with Crippen LogP contribution >= 0.6 is 11.6 Å². The summed E-state index contributed by atoms with van der Waals surface area (Å²) in [5.74, 6) is 0.611. The van der Waals surface area contributed by atoms with Gasteiger partial charge in [0.05, 0.1) is 10.7 Å². The Bertz CT molecular complexity index is 411. The summed E-state index contributed by atoms with van der Waals surface area (Å²) < 4.78 is 0. The molecule has 0 fully saturated rings. The molecule has 0 aliphatic heterocycles. The van der Waals surface area contributed by atoms with Crippen molar-refractivity contribution in [2.24, 2.45) is 11.7 Å². The maximum Gasteiger partial charge on any atom is 0.0642 e. The van der Waals surface area contributed by atoms with Crippen molar-refractivity contribution in [1.82, 2.24) is 0 Å². The number of hydrogen-bond acceptors (Lipinski definition) is 2. The van der Waals surface area contributed by atoms with Crippen LogP contribution in [0.2, 0.25) is 5.02 Å². The van der Waals surface area contributed by atoms with Gasteiger partial charge in [-0.2, -0.15) is 0 Å². The molecule has 0 saturated heterocycles. The Kier molecular flexibility index (Phi) is 6.84. The number of rotatable bonds is 7. The fourth-order valence-corrected chi connectivity index (χ4v) is 2.90. The SMILES string of the molecule is CCC(CC)N(CC(C)C)c1ccc(C(C)N)cc1Cl. The third-order valence-corrected chi connectivity index (χ3v) is 4.05. The van der Waals surface area contributed by atoms with Gasteiger partial charge in [0.2, 0.25) is 0 Å². The molecular weight excluding hydrogens is 268 g/mol. The van der Waals surface area contributed by atoms with E-state index < -0.39 is 0 Å². The van der Waals surface area contributed by atoms with Crippen LogP contribution in [0.15, 0.2) is 18.2 Å². The van der Waals surface area contributed by atoms with Crippen molar-refractivity contribution in [2.45, 2.75) is 59.5 Å². The first-order valence-electron chi connectivity index (χ1n) is 7.72. The maximum absolute atomic E-state index is 6.51. The monoisotopic (exact) mass is 296 g/mol. The lowest BCUT2D eigenvalue weighted by Gasteiger charge is -2.35. The topological polar surface area (TPSA) is 29.3 Å². The minimum atomic E-state index is 0.0215. The summed E-state index contributed by atoms with van der Waals surface area (Å²) in [6.07, 6.45) is 2.27. The van der Waals surface area contributed by atoms with Crippen LogP contribution in [0.3, 0.4) is 0 Å². The molecule has 0 radical (unpaired) electrons. The van der Waals surface area contributed by atoms with E-state index in [0.29, 0.717) is 12.0 Å². The molecule has 20 heavy (non-hydrogen) atoms. The first kappa shape index (κ1) is 17.3. The molecule has 1 rings (SSSR count). The van der Waals surface area contributed by atoms with E-state index in [1.54, 1.807) is 0 Å². The van der Waals surface area contributed by atoms with E-state index in [-0.39, 0.29) is 6.04 Å². The molecule has 0 aromatic heterocycles. The molecule has 1 atom stereocenters. The van der Waals surface area contributed by atoms with Crippen LogP contribution in [0.4, 0.5) is 5.69 Å². The predicted molar refractivity (Wildman–Crippen MR) is 90.6 cm³/mol. The lowest BCUT2D eigenvalue weighted by atomic mass is 10.0. The van der Waals surface area contributed by atoms with Gasteiger partial charge in [0.25, 0.3) is 0 Å². The van der Waals surface area contributed by atoms with Gasteiger partial charge in [0, 0.05) is 18.6 Å². The van der Waals surface area contributed by atoms with E-state index in [1.165, 1.54) is 0 Å². The Morgan fingerprint density at radius 3 is 2.15 bits per heavy atom. The van der Waals surface area contributed by atoms with Crippen LogP contribution in [0.25, 0.3) is 0 Å². The molecule has 1 aromatic rings. The molecule has 0 saturated carbocycles. The number of anilines is 1. The fourth-order valence-electron chi connectivity index (χ4n) is 2.61. The Morgan fingerprint density at radius 1 is 1.15 bits per heavy atom. The number of nitrogens with zero attached hydrogens (tertiary/aromatic N) is 1. The molecule has 114 valence electrons. The second kappa shape index (κ2) is 7.90. The summed E-state index contributed by atoms with van der Waals surface area (Å²) in [4.78, 5) is 2.46. The smallest absolute Gasteiger partial charge is 0.0642 e. The van der Waals surface area contributed by atoms with Gasteiger partial charge >= 0.3 is 0 Å². The minimum absolute atomic E-state index is 0.0215. The zero-order chi connectivity index (χ0) is 15.3. The molecule has 3 heteroatoms. The van der Waals surface area contributed by atoms with Gasteiger partial charge in [0.15, 0.2) is 0 Å². The van der Waals surface area contributed by atoms with Crippen molar-refractivity contribution in [3.05, 3.63) is 28.8 Å². The van der Waals surface area contributed by atoms with Crippen molar-refractivity contribution >= 4 is 17.3 Å². The van der Waals surface area contributed by atoms with Gasteiger partial charge in [-0.15, -0.1) is 0 Å². The van der Waals surface area contributed by atoms with Crippen LogP contribution in [0.1, 0.15) is 59.1 Å². The number of halogens is 1. The molecule has 2 nitrogen and oxygen atoms in total. The standard InChI is InChI=1S/C17H29ClN2/c1-6-15(7-2)20(11-12(3)4)17-9-8-14(13(5)19)10-16(17)18/h8-10,12-13,15H,6-7,11,19H2,1-5H3. The average molecular weight is 297 g/mol. The van der Waals surface area contributed by atoms with Crippen LogP contribution < -0.4 is 10.6 Å². The minimum Gasteiger partial charge on any atom is -0.367 e. The molecule has 0 aliphatic rings. The third-order valence-electron chi connectivity index (χ3n) is 3.75. The third kappa shape index (κ3) is 4.39. The summed E-state index contributed by atoms with van der Waals surface area (Å²) in [7, 11) is 0. The lowest BCUT2D eigenvalue weighted by molar-refractivity contribution is 0.507. The van der Waals surface area contributed by atoms with Crippen LogP contribution in [-0.4, -0.2) is 12.6 Å². The highest BCUT2D eigenvalue weighted by Gasteiger charge is 2.19. The van der Waals surface area contributed by atoms with Crippen LogP contribution in [0.5, 0.6) is 0 Å². The Labute approximate surface area is 129 Å². The second-order valence-electron chi connectivity index (χ2n) is 6.02. The first-order valence-corrected chi connectivity index (χ1v) is 8.10. The predicted octanol–water partition coefficient (Wildman–Crippen LogP) is 5.01. The fraction of sp³-hybridized carbons (Fsp3) is 0.647. The Morgan fingerprint density at radius 2 is 1.75 bits per heavy atom. The summed E-state index contributed by atoms with van der Waals surface area (Å²) in [6.45, 7) is 12.0. The maximum atomic E-state index is 6.51. The normalized spacial score (nSPS) is 13.1. The van der Waals surface area contributed by atoms with E-state index in [1.807, 2.05) is 13.0 Å². The van der Waals surface area contributed by atoms with Crippen LogP contribution in [0, 0.1) is 5.92 Å². The van der Waals surface area contributed by atoms with Gasteiger partial charge in [0.1, 0.15) is 0 Å². The zero-order valence-corrected chi connectivity index (χ0v) is 14.2. The summed E-state index contributed by atoms with van der Waals surface area (Å²) in [5, 5.41) is 0.812. The molecule has 2 N–H and O–H groups in total. The van der Waals surface area contributed by atoms with Crippen molar-refractivity contribution < 1.29 is 0 Å². The molecule has 0 aliphatic carbocycles. The summed E-state index contributed by atoms with van der Waals surface area (Å²) in [6, 6.07) is 6.80. The number of benzene rings is 1. The van der Waals surface area contributed by atoms with Gasteiger partial charge in [-0.05, 0) is 43.4 Å². The number of nitrogens with two attached hydrogens (primary N) is 1. The largest absolute Gasteiger partial charge is 0.367 e. The zero-order valence-electron chi connectivity index (χ0n) is 13.5. The van der Waals surface area contributed by atoms with E-state index >= 15 is 0 Å². The van der Waals surface area contributed by atoms with E-state index in [0.717, 1.165) is 35.7 Å².